The van der Waals surface area contributed by atoms with Crippen LogP contribution in [0.1, 0.15) is 29.3 Å². The van der Waals surface area contributed by atoms with Crippen LogP contribution in [-0.2, 0) is 13.0 Å². The number of hydrogen-bond donors (Lipinski definition) is 0. The highest BCUT2D eigenvalue weighted by Crippen LogP contribution is 2.31. The zero-order valence-corrected chi connectivity index (χ0v) is 20.0. The Morgan fingerprint density at radius 3 is 2.84 bits per heavy atom. The fourth-order valence-corrected chi connectivity index (χ4v) is 4.83. The van der Waals surface area contributed by atoms with Gasteiger partial charge in [-0.05, 0) is 55.0 Å². The highest BCUT2D eigenvalue weighted by Gasteiger charge is 2.21. The van der Waals surface area contributed by atoms with Crippen LogP contribution in [0.25, 0.3) is 10.2 Å². The maximum absolute atomic E-state index is 13.5. The standard InChI is InChI=1S/C23H24N4OS2.ClH/c1-3-17-8-9-20-21(14-17)30-23(25-20)27(12-5-11-26-13-10-24-16-26)22(28)18-6-4-7-19(15-18)29-2;/h4,6-10,13-16H,3,5,11-12H2,1-2H3;1H. The molecule has 0 fully saturated rings. The van der Waals surface area contributed by atoms with Crippen molar-refractivity contribution >= 4 is 56.8 Å². The number of amides is 1. The van der Waals surface area contributed by atoms with Gasteiger partial charge in [-0.15, -0.1) is 24.2 Å². The molecule has 31 heavy (non-hydrogen) atoms. The van der Waals surface area contributed by atoms with Crippen LogP contribution in [0.5, 0.6) is 0 Å². The van der Waals surface area contributed by atoms with Gasteiger partial charge < -0.3 is 4.57 Å². The molecule has 1 amide bonds. The van der Waals surface area contributed by atoms with Gasteiger partial charge in [0.2, 0.25) is 0 Å². The van der Waals surface area contributed by atoms with Crippen LogP contribution in [0.2, 0.25) is 0 Å². The van der Waals surface area contributed by atoms with Crippen LogP contribution in [0.4, 0.5) is 5.13 Å². The zero-order valence-electron chi connectivity index (χ0n) is 17.5. The van der Waals surface area contributed by atoms with Gasteiger partial charge in [-0.2, -0.15) is 0 Å². The molecule has 162 valence electrons. The molecule has 0 spiro atoms. The number of halogens is 1. The molecule has 0 aliphatic carbocycles. The molecule has 0 aliphatic heterocycles. The van der Waals surface area contributed by atoms with Crippen LogP contribution in [0.15, 0.2) is 66.1 Å². The summed E-state index contributed by atoms with van der Waals surface area (Å²) in [7, 11) is 0. The summed E-state index contributed by atoms with van der Waals surface area (Å²) >= 11 is 3.22. The average Bonchev–Trinajstić information content (AvgIpc) is 3.45. The minimum Gasteiger partial charge on any atom is -0.337 e. The van der Waals surface area contributed by atoms with Crippen LogP contribution in [-0.4, -0.2) is 33.2 Å². The van der Waals surface area contributed by atoms with Gasteiger partial charge in [0, 0.05) is 35.9 Å². The zero-order chi connectivity index (χ0) is 20.9. The summed E-state index contributed by atoms with van der Waals surface area (Å²) in [6, 6.07) is 14.1. The second kappa shape index (κ2) is 10.8. The Bertz CT molecular complexity index is 1140. The van der Waals surface area contributed by atoms with Gasteiger partial charge in [-0.1, -0.05) is 30.4 Å². The highest BCUT2D eigenvalue weighted by molar-refractivity contribution is 7.98. The minimum absolute atomic E-state index is 0. The van der Waals surface area contributed by atoms with Gasteiger partial charge in [0.25, 0.3) is 5.91 Å². The summed E-state index contributed by atoms with van der Waals surface area (Å²) in [5, 5.41) is 0.753. The Kier molecular flexibility index (Phi) is 8.12. The van der Waals surface area contributed by atoms with E-state index in [1.807, 2.05) is 46.2 Å². The maximum atomic E-state index is 13.5. The molecule has 0 atom stereocenters. The predicted octanol–water partition coefficient (Wildman–Crippen LogP) is 5.94. The van der Waals surface area contributed by atoms with Gasteiger partial charge in [0.1, 0.15) is 0 Å². The largest absolute Gasteiger partial charge is 0.337 e. The summed E-state index contributed by atoms with van der Waals surface area (Å²) in [4.78, 5) is 25.3. The number of rotatable bonds is 8. The topological polar surface area (TPSA) is 51.0 Å². The van der Waals surface area contributed by atoms with Crippen molar-refractivity contribution in [1.29, 1.82) is 0 Å². The number of carbonyl (C=O) groups excluding carboxylic acids is 1. The van der Waals surface area contributed by atoms with Crippen molar-refractivity contribution in [2.75, 3.05) is 17.7 Å². The first-order valence-corrected chi connectivity index (χ1v) is 12.0. The SMILES string of the molecule is CCc1ccc2nc(N(CCCn3ccnc3)C(=O)c3cccc(SC)c3)sc2c1.Cl. The highest BCUT2D eigenvalue weighted by atomic mass is 35.5. The Morgan fingerprint density at radius 1 is 1.23 bits per heavy atom. The number of thiazole rings is 1. The fraction of sp³-hybridized carbons (Fsp3) is 0.261. The smallest absolute Gasteiger partial charge is 0.260 e. The van der Waals surface area contributed by atoms with Crippen molar-refractivity contribution in [1.82, 2.24) is 14.5 Å². The molecule has 2 aromatic carbocycles. The van der Waals surface area contributed by atoms with E-state index in [-0.39, 0.29) is 18.3 Å². The van der Waals surface area contributed by atoms with E-state index in [0.717, 1.165) is 39.6 Å². The van der Waals surface area contributed by atoms with E-state index in [1.165, 1.54) is 5.56 Å². The molecule has 4 aromatic rings. The number of benzene rings is 2. The van der Waals surface area contributed by atoms with Crippen molar-refractivity contribution in [3.05, 3.63) is 72.3 Å². The molecule has 8 heteroatoms. The lowest BCUT2D eigenvalue weighted by Gasteiger charge is -2.20. The molecule has 0 radical (unpaired) electrons. The first-order valence-electron chi connectivity index (χ1n) is 9.99. The Labute approximate surface area is 196 Å². The lowest BCUT2D eigenvalue weighted by molar-refractivity contribution is 0.0986. The minimum atomic E-state index is -0.00805. The first kappa shape index (κ1) is 23.3. The van der Waals surface area contributed by atoms with Crippen LogP contribution in [0, 0.1) is 0 Å². The molecule has 0 unspecified atom stereocenters. The van der Waals surface area contributed by atoms with E-state index >= 15 is 0 Å². The fourth-order valence-electron chi connectivity index (χ4n) is 3.32. The normalized spacial score (nSPS) is 10.8. The number of nitrogens with zero attached hydrogens (tertiary/aromatic N) is 4. The molecule has 0 N–H and O–H groups in total. The predicted molar refractivity (Wildman–Crippen MR) is 133 cm³/mol. The molecule has 2 aromatic heterocycles. The summed E-state index contributed by atoms with van der Waals surface area (Å²) in [6.45, 7) is 3.55. The quantitative estimate of drug-likeness (QED) is 0.298. The van der Waals surface area contributed by atoms with Crippen LogP contribution in [0.3, 0.4) is 0 Å². The monoisotopic (exact) mass is 472 g/mol. The third-order valence-electron chi connectivity index (χ3n) is 5.00. The van der Waals surface area contributed by atoms with Crippen molar-refractivity contribution in [3.8, 4) is 0 Å². The summed E-state index contributed by atoms with van der Waals surface area (Å²) < 4.78 is 3.15. The summed E-state index contributed by atoms with van der Waals surface area (Å²) in [6.07, 6.45) is 9.34. The maximum Gasteiger partial charge on any atom is 0.260 e. The molecule has 0 aliphatic rings. The third-order valence-corrected chi connectivity index (χ3v) is 6.77. The number of aryl methyl sites for hydroxylation is 2. The number of aromatic nitrogens is 3. The van der Waals surface area contributed by atoms with Crippen molar-refractivity contribution in [3.63, 3.8) is 0 Å². The van der Waals surface area contributed by atoms with Gasteiger partial charge in [0.15, 0.2) is 5.13 Å². The van der Waals surface area contributed by atoms with Crippen molar-refractivity contribution < 1.29 is 4.79 Å². The van der Waals surface area contributed by atoms with Crippen LogP contribution < -0.4 is 4.90 Å². The number of imidazole rings is 1. The van der Waals surface area contributed by atoms with Crippen molar-refractivity contribution in [2.45, 2.75) is 31.2 Å². The Balaban J connectivity index is 0.00000272. The van der Waals surface area contributed by atoms with Gasteiger partial charge in [0.05, 0.1) is 16.5 Å². The molecular weight excluding hydrogens is 448 g/mol. The van der Waals surface area contributed by atoms with Crippen molar-refractivity contribution in [2.24, 2.45) is 0 Å². The van der Waals surface area contributed by atoms with Crippen LogP contribution >= 0.6 is 35.5 Å². The number of thioether (sulfide) groups is 1. The molecule has 0 bridgehead atoms. The third kappa shape index (κ3) is 5.47. The second-order valence-electron chi connectivity index (χ2n) is 6.99. The van der Waals surface area contributed by atoms with E-state index in [4.69, 9.17) is 4.98 Å². The van der Waals surface area contributed by atoms with E-state index in [2.05, 4.69) is 30.1 Å². The van der Waals surface area contributed by atoms with E-state index in [0.29, 0.717) is 12.1 Å². The number of fused-ring (bicyclic) bond motifs is 1. The Morgan fingerprint density at radius 2 is 2.10 bits per heavy atom. The van der Waals surface area contributed by atoms with E-state index < -0.39 is 0 Å². The lowest BCUT2D eigenvalue weighted by Crippen LogP contribution is -2.32. The Hall–Kier alpha value is -2.35. The second-order valence-corrected chi connectivity index (χ2v) is 8.88. The molecule has 5 nitrogen and oxygen atoms in total. The first-order chi connectivity index (χ1) is 14.7. The lowest BCUT2D eigenvalue weighted by atomic mass is 10.2. The number of anilines is 1. The average molecular weight is 473 g/mol. The molecule has 4 rings (SSSR count). The summed E-state index contributed by atoms with van der Waals surface area (Å²) in [5.41, 5.74) is 2.92. The van der Waals surface area contributed by atoms with Gasteiger partial charge in [-0.25, -0.2) is 9.97 Å². The van der Waals surface area contributed by atoms with E-state index in [9.17, 15) is 4.79 Å². The van der Waals surface area contributed by atoms with Gasteiger partial charge >= 0.3 is 0 Å². The van der Waals surface area contributed by atoms with Gasteiger partial charge in [-0.3, -0.25) is 9.69 Å². The molecule has 0 saturated heterocycles. The number of carbonyl (C=O) groups is 1. The molecular formula is C23H25ClN4OS2. The number of hydrogen-bond acceptors (Lipinski definition) is 5. The molecule has 0 saturated carbocycles. The summed E-state index contributed by atoms with van der Waals surface area (Å²) in [5.74, 6) is -0.00805. The molecule has 2 heterocycles. The van der Waals surface area contributed by atoms with E-state index in [1.54, 1.807) is 35.6 Å².